The van der Waals surface area contributed by atoms with Crippen LogP contribution in [0.5, 0.6) is 0 Å². The Labute approximate surface area is 212 Å². The van der Waals surface area contributed by atoms with Gasteiger partial charge in [-0.15, -0.1) is 0 Å². The predicted molar refractivity (Wildman–Crippen MR) is 132 cm³/mol. The number of amides is 2. The number of anilines is 1. The minimum atomic E-state index is -4.55. The van der Waals surface area contributed by atoms with Gasteiger partial charge in [-0.2, -0.15) is 13.2 Å². The minimum Gasteiger partial charge on any atom is -0.356 e. The number of hydrogen-bond acceptors (Lipinski definition) is 4. The molecule has 1 aliphatic rings. The summed E-state index contributed by atoms with van der Waals surface area (Å²) in [5, 5.41) is 2.63. The van der Waals surface area contributed by atoms with E-state index in [4.69, 9.17) is 0 Å². The van der Waals surface area contributed by atoms with Gasteiger partial charge in [-0.3, -0.25) is 14.4 Å². The maximum atomic E-state index is 13.4. The summed E-state index contributed by atoms with van der Waals surface area (Å²) in [6.07, 6.45) is -3.36. The molecule has 0 unspecified atom stereocenters. The van der Waals surface area contributed by atoms with Crippen LogP contribution in [0.3, 0.4) is 0 Å². The second kappa shape index (κ2) is 9.84. The van der Waals surface area contributed by atoms with Gasteiger partial charge in [0.15, 0.2) is 5.78 Å². The van der Waals surface area contributed by atoms with Crippen LogP contribution in [0.25, 0.3) is 11.3 Å². The number of nitrogens with zero attached hydrogens (tertiary/aromatic N) is 2. The number of H-pyrrole nitrogens is 1. The van der Waals surface area contributed by atoms with Gasteiger partial charge in [0.1, 0.15) is 5.82 Å². The van der Waals surface area contributed by atoms with E-state index in [1.807, 2.05) is 30.3 Å². The second-order valence-corrected chi connectivity index (χ2v) is 9.84. The van der Waals surface area contributed by atoms with Crippen molar-refractivity contribution in [2.75, 3.05) is 11.9 Å². The fourth-order valence-electron chi connectivity index (χ4n) is 4.37. The van der Waals surface area contributed by atoms with Crippen molar-refractivity contribution in [2.24, 2.45) is 5.41 Å². The molecule has 0 aliphatic carbocycles. The highest BCUT2D eigenvalue weighted by molar-refractivity contribution is 6.04. The van der Waals surface area contributed by atoms with Crippen molar-refractivity contribution < 1.29 is 27.6 Å². The first-order valence-corrected chi connectivity index (χ1v) is 11.7. The van der Waals surface area contributed by atoms with E-state index in [2.05, 4.69) is 15.3 Å². The lowest BCUT2D eigenvalue weighted by Gasteiger charge is -2.32. The Morgan fingerprint density at radius 3 is 2.46 bits per heavy atom. The third-order valence-corrected chi connectivity index (χ3v) is 6.43. The Morgan fingerprint density at radius 2 is 1.81 bits per heavy atom. The summed E-state index contributed by atoms with van der Waals surface area (Å²) in [6.45, 7) is 3.00. The molecule has 0 saturated heterocycles. The average molecular weight is 513 g/mol. The van der Waals surface area contributed by atoms with Crippen LogP contribution >= 0.6 is 0 Å². The number of carbonyl (C=O) groups is 3. The Kier molecular flexibility index (Phi) is 6.94. The van der Waals surface area contributed by atoms with Gasteiger partial charge in [-0.1, -0.05) is 44.2 Å². The maximum Gasteiger partial charge on any atom is 0.394 e. The quantitative estimate of drug-likeness (QED) is 0.479. The van der Waals surface area contributed by atoms with E-state index >= 15 is 0 Å². The van der Waals surface area contributed by atoms with E-state index < -0.39 is 23.9 Å². The van der Waals surface area contributed by atoms with Gasteiger partial charge < -0.3 is 15.2 Å². The van der Waals surface area contributed by atoms with Crippen LogP contribution < -0.4 is 5.32 Å². The molecule has 0 saturated carbocycles. The van der Waals surface area contributed by atoms with Crippen molar-refractivity contribution in [2.45, 2.75) is 46.3 Å². The molecule has 7 nitrogen and oxygen atoms in total. The number of hydrogen-bond donors (Lipinski definition) is 2. The number of ketones is 1. The summed E-state index contributed by atoms with van der Waals surface area (Å²) in [5.41, 5.74) is 1.66. The molecule has 0 radical (unpaired) electrons. The number of pyridine rings is 1. The number of alkyl halides is 3. The molecule has 194 valence electrons. The zero-order chi connectivity index (χ0) is 27.0. The lowest BCUT2D eigenvalue weighted by Crippen LogP contribution is -2.44. The number of aromatic nitrogens is 2. The highest BCUT2D eigenvalue weighted by Crippen LogP contribution is 2.41. The van der Waals surface area contributed by atoms with E-state index in [9.17, 15) is 27.6 Å². The highest BCUT2D eigenvalue weighted by Gasteiger charge is 2.49. The zero-order valence-corrected chi connectivity index (χ0v) is 20.7. The van der Waals surface area contributed by atoms with Crippen molar-refractivity contribution in [1.29, 1.82) is 0 Å². The average Bonchev–Trinajstić information content (AvgIpc) is 3.17. The third-order valence-electron chi connectivity index (χ3n) is 6.43. The molecule has 2 aromatic heterocycles. The molecule has 0 fully saturated rings. The molecule has 3 aromatic rings. The number of aromatic amines is 1. The summed E-state index contributed by atoms with van der Waals surface area (Å²) < 4.78 is 40.1. The molecule has 2 amide bonds. The molecule has 37 heavy (non-hydrogen) atoms. The van der Waals surface area contributed by atoms with Gasteiger partial charge in [-0.05, 0) is 23.3 Å². The number of nitrogens with one attached hydrogen (secondary N) is 2. The van der Waals surface area contributed by atoms with Crippen molar-refractivity contribution in [1.82, 2.24) is 14.9 Å². The summed E-state index contributed by atoms with van der Waals surface area (Å²) in [5.74, 6) is -1.03. The molecular weight excluding hydrogens is 485 g/mol. The molecule has 1 aliphatic heterocycles. The van der Waals surface area contributed by atoms with Crippen molar-refractivity contribution in [3.05, 3.63) is 71.0 Å². The van der Waals surface area contributed by atoms with Crippen LogP contribution in [0.4, 0.5) is 19.0 Å². The monoisotopic (exact) mass is 512 g/mol. The van der Waals surface area contributed by atoms with E-state index in [1.54, 1.807) is 12.1 Å². The van der Waals surface area contributed by atoms with E-state index in [0.717, 1.165) is 19.4 Å². The highest BCUT2D eigenvalue weighted by atomic mass is 19.4. The summed E-state index contributed by atoms with van der Waals surface area (Å²) >= 11 is 0. The van der Waals surface area contributed by atoms with Gasteiger partial charge in [0.25, 0.3) is 0 Å². The standard InChI is InChI=1S/C27H27F3N4O3/c1-16(35)32-22-12-18(9-10-31-22)25-19(11-17-7-5-4-6-8-17)24-20(33-25)14-34(15-21(24)36)23(37)13-26(2,3)27(28,29)30/h4-10,12,33H,11,13-15H2,1-3H3,(H,31,32,35). The van der Waals surface area contributed by atoms with Crippen LogP contribution in [0.1, 0.15) is 54.4 Å². The molecule has 0 spiro atoms. The van der Waals surface area contributed by atoms with Crippen LogP contribution in [0.15, 0.2) is 48.7 Å². The van der Waals surface area contributed by atoms with Gasteiger partial charge in [0.2, 0.25) is 11.8 Å². The van der Waals surface area contributed by atoms with Gasteiger partial charge in [-0.25, -0.2) is 4.98 Å². The van der Waals surface area contributed by atoms with Crippen molar-refractivity contribution in [3.8, 4) is 11.3 Å². The van der Waals surface area contributed by atoms with Gasteiger partial charge in [0, 0.05) is 42.8 Å². The topological polar surface area (TPSA) is 95.2 Å². The first-order chi connectivity index (χ1) is 17.4. The second-order valence-electron chi connectivity index (χ2n) is 9.84. The number of fused-ring (bicyclic) bond motifs is 1. The predicted octanol–water partition coefficient (Wildman–Crippen LogP) is 5.13. The van der Waals surface area contributed by atoms with Crippen molar-refractivity contribution >= 4 is 23.4 Å². The Balaban J connectivity index is 1.73. The third kappa shape index (κ3) is 5.58. The Morgan fingerprint density at radius 1 is 1.11 bits per heavy atom. The molecular formula is C27H27F3N4O3. The number of rotatable bonds is 6. The SMILES string of the molecule is CC(=O)Nc1cc(-c2[nH]c3c(c2Cc2ccccc2)C(=O)CN(C(=O)CC(C)(C)C(F)(F)F)C3)ccn1. The molecule has 4 rings (SSSR count). The summed E-state index contributed by atoms with van der Waals surface area (Å²) in [6, 6.07) is 12.9. The minimum absolute atomic E-state index is 0.0146. The number of halogens is 3. The van der Waals surface area contributed by atoms with Gasteiger partial charge >= 0.3 is 6.18 Å². The fourth-order valence-corrected chi connectivity index (χ4v) is 4.37. The van der Waals surface area contributed by atoms with Crippen LogP contribution in [0, 0.1) is 5.41 Å². The number of benzene rings is 1. The summed E-state index contributed by atoms with van der Waals surface area (Å²) in [4.78, 5) is 46.2. The molecule has 1 aromatic carbocycles. The normalized spacial score (nSPS) is 13.9. The largest absolute Gasteiger partial charge is 0.394 e. The molecule has 2 N–H and O–H groups in total. The smallest absolute Gasteiger partial charge is 0.356 e. The molecule has 0 bridgehead atoms. The lowest BCUT2D eigenvalue weighted by atomic mass is 9.87. The van der Waals surface area contributed by atoms with Gasteiger partial charge in [0.05, 0.1) is 24.2 Å². The Bertz CT molecular complexity index is 1350. The molecule has 10 heteroatoms. The van der Waals surface area contributed by atoms with Crippen LogP contribution in [-0.4, -0.2) is 45.2 Å². The maximum absolute atomic E-state index is 13.4. The first kappa shape index (κ1) is 26.1. The van der Waals surface area contributed by atoms with Crippen LogP contribution in [0.2, 0.25) is 0 Å². The van der Waals surface area contributed by atoms with E-state index in [1.165, 1.54) is 18.0 Å². The number of carbonyl (C=O) groups excluding carboxylic acids is 3. The lowest BCUT2D eigenvalue weighted by molar-refractivity contribution is -0.215. The van der Waals surface area contributed by atoms with Crippen molar-refractivity contribution in [3.63, 3.8) is 0 Å². The summed E-state index contributed by atoms with van der Waals surface area (Å²) in [7, 11) is 0. The first-order valence-electron chi connectivity index (χ1n) is 11.7. The fraction of sp³-hybridized carbons (Fsp3) is 0.333. The van der Waals surface area contributed by atoms with E-state index in [0.29, 0.717) is 40.3 Å². The Hall–Kier alpha value is -3.95. The number of Topliss-reactive ketones (excluding diaryl/α,β-unsaturated/α-hetero) is 1. The van der Waals surface area contributed by atoms with E-state index in [-0.39, 0.29) is 24.8 Å². The molecule has 3 heterocycles. The van der Waals surface area contributed by atoms with Crippen LogP contribution in [-0.2, 0) is 22.6 Å². The zero-order valence-electron chi connectivity index (χ0n) is 20.7. The molecule has 0 atom stereocenters.